The van der Waals surface area contributed by atoms with Gasteiger partial charge in [-0.1, -0.05) is 41.9 Å². The third-order valence-electron chi connectivity index (χ3n) is 4.91. The number of amides is 1. The summed E-state index contributed by atoms with van der Waals surface area (Å²) in [4.78, 5) is 25.7. The Balaban J connectivity index is 1.46. The van der Waals surface area contributed by atoms with E-state index < -0.39 is 5.97 Å². The van der Waals surface area contributed by atoms with E-state index in [4.69, 9.17) is 16.3 Å². The van der Waals surface area contributed by atoms with Crippen molar-refractivity contribution < 1.29 is 14.3 Å². The van der Waals surface area contributed by atoms with Crippen molar-refractivity contribution in [2.45, 2.75) is 26.9 Å². The molecule has 0 saturated carbocycles. The Morgan fingerprint density at radius 1 is 1.12 bits per heavy atom. The summed E-state index contributed by atoms with van der Waals surface area (Å²) in [7, 11) is 1.66. The van der Waals surface area contributed by atoms with Crippen molar-refractivity contribution >= 4 is 29.3 Å². The average Bonchev–Trinajstić information content (AvgIpc) is 3.04. The fraction of sp³-hybridized carbons (Fsp3) is 0.318. The Labute approximate surface area is 191 Å². The number of aryl methyl sites for hydroxylation is 1. The van der Waals surface area contributed by atoms with Gasteiger partial charge < -0.3 is 15.0 Å². The average molecular weight is 457 g/mol. The molecule has 1 amide bonds. The van der Waals surface area contributed by atoms with Gasteiger partial charge >= 0.3 is 5.97 Å². The van der Waals surface area contributed by atoms with E-state index in [-0.39, 0.29) is 24.2 Å². The van der Waals surface area contributed by atoms with Crippen LogP contribution in [0.15, 0.2) is 42.5 Å². The zero-order chi connectivity index (χ0) is 23.1. The molecule has 32 heavy (non-hydrogen) atoms. The van der Waals surface area contributed by atoms with Crippen LogP contribution < -0.4 is 10.2 Å². The van der Waals surface area contributed by atoms with E-state index in [2.05, 4.69) is 20.6 Å². The summed E-state index contributed by atoms with van der Waals surface area (Å²) in [5.41, 5.74) is 3.92. The minimum Gasteiger partial charge on any atom is -0.454 e. The highest BCUT2D eigenvalue weighted by Gasteiger charge is 2.15. The van der Waals surface area contributed by atoms with Crippen LogP contribution in [0.3, 0.4) is 0 Å². The SMILES string of the molecule is Cc1nn(Cc2ccccc2)c(C)c1CNC(=O)COC(=O)CN(C)c1ccc(Cl)nn1. The van der Waals surface area contributed by atoms with Crippen LogP contribution in [0, 0.1) is 13.8 Å². The largest absolute Gasteiger partial charge is 0.454 e. The number of carbonyl (C=O) groups excluding carboxylic acids is 2. The van der Waals surface area contributed by atoms with Gasteiger partial charge in [0.15, 0.2) is 17.6 Å². The van der Waals surface area contributed by atoms with Gasteiger partial charge in [-0.15, -0.1) is 10.2 Å². The number of aromatic nitrogens is 4. The maximum atomic E-state index is 12.2. The lowest BCUT2D eigenvalue weighted by molar-refractivity contribution is -0.147. The lowest BCUT2D eigenvalue weighted by atomic mass is 10.2. The first-order chi connectivity index (χ1) is 15.3. The van der Waals surface area contributed by atoms with Crippen molar-refractivity contribution in [3.8, 4) is 0 Å². The van der Waals surface area contributed by atoms with Crippen molar-refractivity contribution in [1.82, 2.24) is 25.3 Å². The molecule has 0 unspecified atom stereocenters. The van der Waals surface area contributed by atoms with Gasteiger partial charge in [-0.2, -0.15) is 5.10 Å². The molecule has 9 nitrogen and oxygen atoms in total. The molecule has 0 aliphatic heterocycles. The van der Waals surface area contributed by atoms with Crippen molar-refractivity contribution in [3.63, 3.8) is 0 Å². The van der Waals surface area contributed by atoms with E-state index >= 15 is 0 Å². The summed E-state index contributed by atoms with van der Waals surface area (Å²) in [5.74, 6) is -0.474. The Morgan fingerprint density at radius 2 is 1.88 bits per heavy atom. The van der Waals surface area contributed by atoms with Crippen LogP contribution in [0.4, 0.5) is 5.82 Å². The molecule has 3 rings (SSSR count). The molecule has 168 valence electrons. The Bertz CT molecular complexity index is 1070. The van der Waals surface area contributed by atoms with Crippen molar-refractivity contribution in [2.75, 3.05) is 25.1 Å². The zero-order valence-corrected chi connectivity index (χ0v) is 19.0. The molecular formula is C22H25ClN6O3. The molecule has 2 heterocycles. The van der Waals surface area contributed by atoms with Crippen LogP contribution in [-0.2, 0) is 27.4 Å². The summed E-state index contributed by atoms with van der Waals surface area (Å²) in [6, 6.07) is 13.3. The Hall–Kier alpha value is -3.46. The maximum Gasteiger partial charge on any atom is 0.326 e. The Morgan fingerprint density at radius 3 is 2.56 bits per heavy atom. The maximum absolute atomic E-state index is 12.2. The molecule has 0 bridgehead atoms. The number of hydrogen-bond acceptors (Lipinski definition) is 7. The predicted octanol–water partition coefficient (Wildman–Crippen LogP) is 2.29. The van der Waals surface area contributed by atoms with Gasteiger partial charge in [0.1, 0.15) is 6.54 Å². The number of benzene rings is 1. The number of nitrogens with one attached hydrogen (secondary N) is 1. The quantitative estimate of drug-likeness (QED) is 0.493. The van der Waals surface area contributed by atoms with Crippen LogP contribution in [0.1, 0.15) is 22.5 Å². The molecular weight excluding hydrogens is 432 g/mol. The molecule has 0 aliphatic rings. The van der Waals surface area contributed by atoms with Crippen molar-refractivity contribution in [2.24, 2.45) is 0 Å². The second-order valence-corrected chi connectivity index (χ2v) is 7.69. The van der Waals surface area contributed by atoms with E-state index in [9.17, 15) is 9.59 Å². The van der Waals surface area contributed by atoms with Gasteiger partial charge in [0.05, 0.1) is 12.2 Å². The highest BCUT2D eigenvalue weighted by atomic mass is 35.5. The van der Waals surface area contributed by atoms with Crippen molar-refractivity contribution in [1.29, 1.82) is 0 Å². The number of carbonyl (C=O) groups is 2. The molecule has 1 N–H and O–H groups in total. The molecule has 0 fully saturated rings. The Kier molecular flexibility index (Phi) is 7.77. The fourth-order valence-corrected chi connectivity index (χ4v) is 3.22. The van der Waals surface area contributed by atoms with E-state index in [0.29, 0.717) is 18.9 Å². The summed E-state index contributed by atoms with van der Waals surface area (Å²) in [6.45, 7) is 4.41. The molecule has 0 atom stereocenters. The first-order valence-corrected chi connectivity index (χ1v) is 10.4. The second kappa shape index (κ2) is 10.7. The van der Waals surface area contributed by atoms with Gasteiger partial charge in [0.25, 0.3) is 5.91 Å². The number of nitrogens with zero attached hydrogens (tertiary/aromatic N) is 5. The monoisotopic (exact) mass is 456 g/mol. The summed E-state index contributed by atoms with van der Waals surface area (Å²) < 4.78 is 6.98. The molecule has 0 radical (unpaired) electrons. The molecule has 3 aromatic rings. The smallest absolute Gasteiger partial charge is 0.326 e. The molecule has 2 aromatic heterocycles. The molecule has 1 aromatic carbocycles. The molecule has 0 saturated heterocycles. The number of ether oxygens (including phenoxy) is 1. The zero-order valence-electron chi connectivity index (χ0n) is 18.2. The van der Waals surface area contributed by atoms with Gasteiger partial charge in [-0.25, -0.2) is 0 Å². The van der Waals surface area contributed by atoms with Crippen LogP contribution in [-0.4, -0.2) is 52.1 Å². The number of esters is 1. The minimum atomic E-state index is -0.553. The lowest BCUT2D eigenvalue weighted by Crippen LogP contribution is -2.32. The van der Waals surface area contributed by atoms with Crippen LogP contribution in [0.25, 0.3) is 0 Å². The number of likely N-dealkylation sites (N-methyl/N-ethyl adjacent to an activating group) is 1. The summed E-state index contributed by atoms with van der Waals surface area (Å²) >= 11 is 5.70. The predicted molar refractivity (Wildman–Crippen MR) is 120 cm³/mol. The van der Waals surface area contributed by atoms with Crippen LogP contribution in [0.5, 0.6) is 0 Å². The van der Waals surface area contributed by atoms with Crippen LogP contribution in [0.2, 0.25) is 5.15 Å². The highest BCUT2D eigenvalue weighted by molar-refractivity contribution is 6.29. The van der Waals surface area contributed by atoms with Gasteiger partial charge in [0, 0.05) is 24.8 Å². The van der Waals surface area contributed by atoms with E-state index in [0.717, 1.165) is 22.5 Å². The lowest BCUT2D eigenvalue weighted by Gasteiger charge is -2.16. The number of rotatable bonds is 9. The minimum absolute atomic E-state index is 0.0753. The van der Waals surface area contributed by atoms with Crippen LogP contribution >= 0.6 is 11.6 Å². The summed E-state index contributed by atoms with van der Waals surface area (Å²) in [6.07, 6.45) is 0. The van der Waals surface area contributed by atoms with Crippen molar-refractivity contribution in [3.05, 3.63) is 70.1 Å². The van der Waals surface area contributed by atoms with E-state index in [1.54, 1.807) is 24.1 Å². The number of anilines is 1. The standard InChI is InChI=1S/C22H25ClN6O3/c1-15-18(16(2)29(27-15)12-17-7-5-4-6-8-17)11-24-21(30)14-32-22(31)13-28(3)20-10-9-19(23)25-26-20/h4-10H,11-14H2,1-3H3,(H,24,30). The third-order valence-corrected chi connectivity index (χ3v) is 5.11. The molecule has 10 heteroatoms. The summed E-state index contributed by atoms with van der Waals surface area (Å²) in [5, 5.41) is 15.2. The highest BCUT2D eigenvalue weighted by Crippen LogP contribution is 2.15. The van der Waals surface area contributed by atoms with Gasteiger partial charge in [-0.3, -0.25) is 14.3 Å². The van der Waals surface area contributed by atoms with E-state index in [1.807, 2.05) is 48.9 Å². The topological polar surface area (TPSA) is 102 Å². The molecule has 0 aliphatic carbocycles. The molecule has 0 spiro atoms. The van der Waals surface area contributed by atoms with Gasteiger partial charge in [0.2, 0.25) is 0 Å². The third kappa shape index (κ3) is 6.27. The fourth-order valence-electron chi connectivity index (χ4n) is 3.12. The first-order valence-electron chi connectivity index (χ1n) is 10.0. The first kappa shape index (κ1) is 23.2. The second-order valence-electron chi connectivity index (χ2n) is 7.30. The van der Waals surface area contributed by atoms with E-state index in [1.165, 1.54) is 0 Å². The normalized spacial score (nSPS) is 10.6. The number of halogens is 1. The van der Waals surface area contributed by atoms with Gasteiger partial charge in [-0.05, 0) is 31.5 Å². The number of hydrogen-bond donors (Lipinski definition) is 1.